The molecule has 1 saturated carbocycles. The molecule has 21 heavy (non-hydrogen) atoms. The van der Waals surface area contributed by atoms with Gasteiger partial charge < -0.3 is 15.0 Å². The quantitative estimate of drug-likeness (QED) is 0.862. The molecule has 0 radical (unpaired) electrons. The van der Waals surface area contributed by atoms with Gasteiger partial charge in [-0.1, -0.05) is 27.7 Å². The van der Waals surface area contributed by atoms with Gasteiger partial charge in [0.05, 0.1) is 6.61 Å². The van der Waals surface area contributed by atoms with Gasteiger partial charge in [-0.25, -0.2) is 0 Å². The summed E-state index contributed by atoms with van der Waals surface area (Å²) in [6.45, 7) is 16.1. The molecular formula is C18H36N2O. The Kier molecular flexibility index (Phi) is 6.51. The molecule has 3 heteroatoms. The molecule has 3 atom stereocenters. The third-order valence-corrected chi connectivity index (χ3v) is 5.48. The molecule has 3 nitrogen and oxygen atoms in total. The molecule has 0 aromatic heterocycles. The number of hydrogen-bond donors (Lipinski definition) is 1. The molecule has 1 aliphatic carbocycles. The average molecular weight is 296 g/mol. The maximum absolute atomic E-state index is 5.61. The van der Waals surface area contributed by atoms with Gasteiger partial charge in [0.25, 0.3) is 0 Å². The van der Waals surface area contributed by atoms with Gasteiger partial charge in [0, 0.05) is 32.3 Å². The summed E-state index contributed by atoms with van der Waals surface area (Å²) in [6, 6.07) is 0.720. The van der Waals surface area contributed by atoms with Crippen LogP contribution in [0.5, 0.6) is 0 Å². The summed E-state index contributed by atoms with van der Waals surface area (Å²) in [6.07, 6.45) is 5.32. The maximum Gasteiger partial charge on any atom is 0.0593 e. The summed E-state index contributed by atoms with van der Waals surface area (Å²) in [5, 5.41) is 3.75. The normalized spacial score (nSPS) is 32.9. The van der Waals surface area contributed by atoms with Gasteiger partial charge in [-0.3, -0.25) is 0 Å². The molecule has 2 aliphatic rings. The van der Waals surface area contributed by atoms with Crippen molar-refractivity contribution in [3.05, 3.63) is 0 Å². The van der Waals surface area contributed by atoms with Crippen LogP contribution in [0.25, 0.3) is 0 Å². The fourth-order valence-corrected chi connectivity index (χ4v) is 4.10. The molecule has 0 spiro atoms. The van der Waals surface area contributed by atoms with E-state index in [9.17, 15) is 0 Å². The van der Waals surface area contributed by atoms with E-state index in [-0.39, 0.29) is 0 Å². The standard InChI is InChI=1S/C18H36N2O/c1-5-19-17-8-7-16(18(2,3)4)13-15(17)14-20-9-6-11-21-12-10-20/h15-17,19H,5-14H2,1-4H3. The topological polar surface area (TPSA) is 24.5 Å². The van der Waals surface area contributed by atoms with E-state index in [4.69, 9.17) is 4.74 Å². The van der Waals surface area contributed by atoms with Crippen molar-refractivity contribution in [1.82, 2.24) is 10.2 Å². The van der Waals surface area contributed by atoms with Crippen LogP contribution in [0.3, 0.4) is 0 Å². The van der Waals surface area contributed by atoms with Crippen molar-refractivity contribution in [3.63, 3.8) is 0 Å². The van der Waals surface area contributed by atoms with Crippen molar-refractivity contribution in [1.29, 1.82) is 0 Å². The van der Waals surface area contributed by atoms with Gasteiger partial charge in [0.2, 0.25) is 0 Å². The zero-order valence-corrected chi connectivity index (χ0v) is 14.7. The summed E-state index contributed by atoms with van der Waals surface area (Å²) in [5.74, 6) is 1.68. The summed E-state index contributed by atoms with van der Waals surface area (Å²) in [7, 11) is 0. The highest BCUT2D eigenvalue weighted by Gasteiger charge is 2.36. The molecule has 1 saturated heterocycles. The molecular weight excluding hydrogens is 260 g/mol. The number of nitrogens with one attached hydrogen (secondary N) is 1. The van der Waals surface area contributed by atoms with Crippen LogP contribution in [0.15, 0.2) is 0 Å². The van der Waals surface area contributed by atoms with E-state index in [1.807, 2.05) is 0 Å². The first kappa shape index (κ1) is 17.2. The van der Waals surface area contributed by atoms with Crippen LogP contribution in [0, 0.1) is 17.3 Å². The predicted molar refractivity (Wildman–Crippen MR) is 89.6 cm³/mol. The minimum atomic E-state index is 0.456. The second kappa shape index (κ2) is 7.94. The van der Waals surface area contributed by atoms with Crippen LogP contribution in [0.1, 0.15) is 53.4 Å². The van der Waals surface area contributed by atoms with Crippen LogP contribution >= 0.6 is 0 Å². The molecule has 0 aromatic carbocycles. The molecule has 0 amide bonds. The van der Waals surface area contributed by atoms with Gasteiger partial charge in [0.15, 0.2) is 0 Å². The van der Waals surface area contributed by atoms with Crippen molar-refractivity contribution < 1.29 is 4.74 Å². The van der Waals surface area contributed by atoms with Crippen LogP contribution in [-0.2, 0) is 4.74 Å². The Morgan fingerprint density at radius 2 is 1.95 bits per heavy atom. The molecule has 3 unspecified atom stereocenters. The molecule has 1 N–H and O–H groups in total. The number of hydrogen-bond acceptors (Lipinski definition) is 3. The van der Waals surface area contributed by atoms with E-state index < -0.39 is 0 Å². The number of rotatable bonds is 4. The summed E-state index contributed by atoms with van der Waals surface area (Å²) >= 11 is 0. The minimum absolute atomic E-state index is 0.456. The maximum atomic E-state index is 5.61. The third-order valence-electron chi connectivity index (χ3n) is 5.48. The average Bonchev–Trinajstić information content (AvgIpc) is 2.68. The van der Waals surface area contributed by atoms with Gasteiger partial charge in [-0.2, -0.15) is 0 Å². The van der Waals surface area contributed by atoms with Crippen molar-refractivity contribution in [3.8, 4) is 0 Å². The first-order chi connectivity index (χ1) is 10.0. The van der Waals surface area contributed by atoms with Crippen molar-refractivity contribution in [2.45, 2.75) is 59.4 Å². The number of nitrogens with zero attached hydrogens (tertiary/aromatic N) is 1. The summed E-state index contributed by atoms with van der Waals surface area (Å²) in [5.41, 5.74) is 0.456. The lowest BCUT2D eigenvalue weighted by atomic mass is 9.67. The lowest BCUT2D eigenvalue weighted by Gasteiger charge is -2.43. The first-order valence-electron chi connectivity index (χ1n) is 9.04. The molecule has 124 valence electrons. The SMILES string of the molecule is CCNC1CCC(C(C)(C)C)CC1CN1CCCOCC1. The van der Waals surface area contributed by atoms with Gasteiger partial charge in [0.1, 0.15) is 0 Å². The van der Waals surface area contributed by atoms with Gasteiger partial charge >= 0.3 is 0 Å². The summed E-state index contributed by atoms with van der Waals surface area (Å²) in [4.78, 5) is 2.65. The minimum Gasteiger partial charge on any atom is -0.380 e. The lowest BCUT2D eigenvalue weighted by Crippen LogP contribution is -2.47. The molecule has 1 aliphatic heterocycles. The highest BCUT2D eigenvalue weighted by atomic mass is 16.5. The molecule has 1 heterocycles. The Bertz CT molecular complexity index is 292. The largest absolute Gasteiger partial charge is 0.380 e. The highest BCUT2D eigenvalue weighted by molar-refractivity contribution is 4.90. The summed E-state index contributed by atoms with van der Waals surface area (Å²) < 4.78 is 5.61. The predicted octanol–water partition coefficient (Wildman–Crippen LogP) is 3.15. The monoisotopic (exact) mass is 296 g/mol. The first-order valence-corrected chi connectivity index (χ1v) is 9.04. The van der Waals surface area contributed by atoms with Crippen molar-refractivity contribution >= 4 is 0 Å². The number of ether oxygens (including phenoxy) is 1. The van der Waals surface area contributed by atoms with E-state index in [1.165, 1.54) is 38.8 Å². The van der Waals surface area contributed by atoms with Crippen molar-refractivity contribution in [2.24, 2.45) is 17.3 Å². The Hall–Kier alpha value is -0.120. The van der Waals surface area contributed by atoms with E-state index in [2.05, 4.69) is 37.9 Å². The Labute approximate surface area is 131 Å². The fourth-order valence-electron chi connectivity index (χ4n) is 4.10. The van der Waals surface area contributed by atoms with Gasteiger partial charge in [-0.15, -0.1) is 0 Å². The van der Waals surface area contributed by atoms with Crippen LogP contribution in [0.2, 0.25) is 0 Å². The highest BCUT2D eigenvalue weighted by Crippen LogP contribution is 2.40. The van der Waals surface area contributed by atoms with Crippen LogP contribution < -0.4 is 5.32 Å². The zero-order chi connectivity index (χ0) is 15.3. The Morgan fingerprint density at radius 1 is 1.14 bits per heavy atom. The lowest BCUT2D eigenvalue weighted by molar-refractivity contribution is 0.0845. The van der Waals surface area contributed by atoms with E-state index in [0.29, 0.717) is 5.41 Å². The van der Waals surface area contributed by atoms with E-state index >= 15 is 0 Å². The fraction of sp³-hybridized carbons (Fsp3) is 1.00. The molecule has 2 fully saturated rings. The van der Waals surface area contributed by atoms with E-state index in [1.54, 1.807) is 0 Å². The van der Waals surface area contributed by atoms with Gasteiger partial charge in [-0.05, 0) is 49.5 Å². The Balaban J connectivity index is 1.95. The second-order valence-corrected chi connectivity index (χ2v) is 8.07. The van der Waals surface area contributed by atoms with Crippen molar-refractivity contribution in [2.75, 3.05) is 39.4 Å². The smallest absolute Gasteiger partial charge is 0.0593 e. The van der Waals surface area contributed by atoms with E-state index in [0.717, 1.165) is 44.2 Å². The molecule has 0 aromatic rings. The second-order valence-electron chi connectivity index (χ2n) is 8.07. The van der Waals surface area contributed by atoms with Crippen LogP contribution in [-0.4, -0.2) is 50.3 Å². The van der Waals surface area contributed by atoms with Crippen LogP contribution in [0.4, 0.5) is 0 Å². The zero-order valence-electron chi connectivity index (χ0n) is 14.7. The molecule has 0 bridgehead atoms. The Morgan fingerprint density at radius 3 is 2.67 bits per heavy atom. The molecule has 2 rings (SSSR count). The third kappa shape index (κ3) is 5.22.